The van der Waals surface area contributed by atoms with Gasteiger partial charge in [0.1, 0.15) is 17.1 Å². The number of carbonyl (C=O) groups is 3. The molecule has 0 fully saturated rings. The van der Waals surface area contributed by atoms with E-state index in [1.165, 1.54) is 12.1 Å². The van der Waals surface area contributed by atoms with E-state index < -0.39 is 11.6 Å². The van der Waals surface area contributed by atoms with Crippen molar-refractivity contribution in [1.29, 1.82) is 0 Å². The summed E-state index contributed by atoms with van der Waals surface area (Å²) < 4.78 is 11.5. The SMILES string of the molecule is CC1(C)CC(=O)c2ccc3c(c2O1)[C@H](c1ccc(C(=O)O)cc1)CC(=O)O3. The van der Waals surface area contributed by atoms with Gasteiger partial charge in [-0.3, -0.25) is 9.59 Å². The Bertz CT molecular complexity index is 971. The number of aromatic carboxylic acids is 1. The van der Waals surface area contributed by atoms with Gasteiger partial charge in [0.25, 0.3) is 0 Å². The summed E-state index contributed by atoms with van der Waals surface area (Å²) in [7, 11) is 0. The van der Waals surface area contributed by atoms with Gasteiger partial charge >= 0.3 is 11.9 Å². The fraction of sp³-hybridized carbons (Fsp3) is 0.286. The third kappa shape index (κ3) is 2.97. The minimum atomic E-state index is -1.02. The quantitative estimate of drug-likeness (QED) is 0.645. The van der Waals surface area contributed by atoms with Crippen LogP contribution in [0.5, 0.6) is 11.5 Å². The van der Waals surface area contributed by atoms with E-state index in [1.54, 1.807) is 24.3 Å². The third-order valence-electron chi connectivity index (χ3n) is 4.92. The van der Waals surface area contributed by atoms with Gasteiger partial charge in [0.15, 0.2) is 5.78 Å². The van der Waals surface area contributed by atoms with Crippen LogP contribution in [0.2, 0.25) is 0 Å². The number of rotatable bonds is 2. The van der Waals surface area contributed by atoms with E-state index in [0.29, 0.717) is 22.6 Å². The molecule has 0 aliphatic carbocycles. The lowest BCUT2D eigenvalue weighted by Gasteiger charge is -2.36. The highest BCUT2D eigenvalue weighted by molar-refractivity contribution is 6.01. The molecule has 2 aromatic rings. The van der Waals surface area contributed by atoms with Crippen molar-refractivity contribution >= 4 is 17.7 Å². The van der Waals surface area contributed by atoms with E-state index >= 15 is 0 Å². The molecule has 0 unspecified atom stereocenters. The average Bonchev–Trinajstić information content (AvgIpc) is 2.59. The number of carbonyl (C=O) groups excluding carboxylic acids is 2. The second-order valence-corrected chi connectivity index (χ2v) is 7.47. The van der Waals surface area contributed by atoms with Crippen LogP contribution in [0.25, 0.3) is 0 Å². The van der Waals surface area contributed by atoms with E-state index in [4.69, 9.17) is 14.6 Å². The summed E-state index contributed by atoms with van der Waals surface area (Å²) in [6.07, 6.45) is 0.365. The summed E-state index contributed by atoms with van der Waals surface area (Å²) in [4.78, 5) is 35.8. The summed E-state index contributed by atoms with van der Waals surface area (Å²) in [6.45, 7) is 3.69. The molecule has 2 heterocycles. The molecule has 2 aliphatic heterocycles. The summed E-state index contributed by atoms with van der Waals surface area (Å²) in [6, 6.07) is 9.64. The molecule has 2 aromatic carbocycles. The van der Waals surface area contributed by atoms with Crippen LogP contribution in [0, 0.1) is 0 Å². The number of hydrogen-bond donors (Lipinski definition) is 1. The van der Waals surface area contributed by atoms with Gasteiger partial charge in [0.05, 0.1) is 24.0 Å². The monoisotopic (exact) mass is 366 g/mol. The zero-order valence-electron chi connectivity index (χ0n) is 14.9. The zero-order valence-corrected chi connectivity index (χ0v) is 14.9. The Kier molecular flexibility index (Phi) is 3.80. The maximum absolute atomic E-state index is 12.6. The van der Waals surface area contributed by atoms with Crippen molar-refractivity contribution in [1.82, 2.24) is 0 Å². The van der Waals surface area contributed by atoms with Crippen LogP contribution < -0.4 is 9.47 Å². The summed E-state index contributed by atoms with van der Waals surface area (Å²) in [5.74, 6) is -0.952. The predicted octanol–water partition coefficient (Wildman–Crippen LogP) is 3.57. The van der Waals surface area contributed by atoms with Crippen molar-refractivity contribution < 1.29 is 29.0 Å². The van der Waals surface area contributed by atoms with Crippen LogP contribution in [0.4, 0.5) is 0 Å². The number of benzene rings is 2. The fourth-order valence-corrected chi connectivity index (χ4v) is 3.70. The first-order valence-corrected chi connectivity index (χ1v) is 8.68. The molecule has 138 valence electrons. The number of hydrogen-bond acceptors (Lipinski definition) is 5. The number of Topliss-reactive ketones (excluding diaryl/α,β-unsaturated/α-hetero) is 1. The van der Waals surface area contributed by atoms with Gasteiger partial charge < -0.3 is 14.6 Å². The number of carboxylic acid groups (broad SMARTS) is 1. The Morgan fingerprint density at radius 2 is 1.81 bits per heavy atom. The van der Waals surface area contributed by atoms with Crippen molar-refractivity contribution in [3.8, 4) is 11.5 Å². The Hall–Kier alpha value is -3.15. The highest BCUT2D eigenvalue weighted by Crippen LogP contribution is 2.48. The summed E-state index contributed by atoms with van der Waals surface area (Å²) >= 11 is 0. The second kappa shape index (κ2) is 5.94. The largest absolute Gasteiger partial charge is 0.486 e. The lowest BCUT2D eigenvalue weighted by atomic mass is 9.82. The molecular weight excluding hydrogens is 348 g/mol. The van der Waals surface area contributed by atoms with Gasteiger partial charge in [0, 0.05) is 11.5 Å². The van der Waals surface area contributed by atoms with E-state index in [0.717, 1.165) is 5.56 Å². The standard InChI is InChI=1S/C21H18O6/c1-21(2)10-15(22)13-7-8-16-18(19(13)27-21)14(9-17(23)26-16)11-3-5-12(6-4-11)20(24)25/h3-8,14H,9-10H2,1-2H3,(H,24,25)/t14-/m0/s1. The van der Waals surface area contributed by atoms with Crippen molar-refractivity contribution in [3.63, 3.8) is 0 Å². The molecule has 27 heavy (non-hydrogen) atoms. The molecule has 0 amide bonds. The first-order valence-electron chi connectivity index (χ1n) is 8.68. The molecule has 6 heteroatoms. The van der Waals surface area contributed by atoms with Crippen LogP contribution in [0.1, 0.15) is 64.4 Å². The lowest BCUT2D eigenvalue weighted by Crippen LogP contribution is -2.37. The molecule has 0 bridgehead atoms. The molecule has 2 aliphatic rings. The molecule has 6 nitrogen and oxygen atoms in total. The maximum atomic E-state index is 12.6. The molecule has 0 saturated carbocycles. The molecule has 4 rings (SSSR count). The Morgan fingerprint density at radius 1 is 1.11 bits per heavy atom. The Labute approximate surface area is 155 Å². The van der Waals surface area contributed by atoms with Gasteiger partial charge in [0.2, 0.25) is 0 Å². The van der Waals surface area contributed by atoms with Crippen LogP contribution in [0.3, 0.4) is 0 Å². The summed E-state index contributed by atoms with van der Waals surface area (Å²) in [5.41, 5.74) is 1.43. The Balaban J connectivity index is 1.88. The van der Waals surface area contributed by atoms with Gasteiger partial charge in [-0.2, -0.15) is 0 Å². The molecule has 0 saturated heterocycles. The van der Waals surface area contributed by atoms with Gasteiger partial charge in [-0.1, -0.05) is 12.1 Å². The number of esters is 1. The van der Waals surface area contributed by atoms with Crippen molar-refractivity contribution in [2.75, 3.05) is 0 Å². The van der Waals surface area contributed by atoms with Crippen LogP contribution >= 0.6 is 0 Å². The average molecular weight is 366 g/mol. The molecular formula is C21H18O6. The third-order valence-corrected chi connectivity index (χ3v) is 4.92. The van der Waals surface area contributed by atoms with E-state index in [1.807, 2.05) is 13.8 Å². The van der Waals surface area contributed by atoms with Crippen molar-refractivity contribution in [3.05, 3.63) is 58.7 Å². The van der Waals surface area contributed by atoms with Gasteiger partial charge in [-0.05, 0) is 43.7 Å². The number of ketones is 1. The smallest absolute Gasteiger partial charge is 0.335 e. The Morgan fingerprint density at radius 3 is 2.48 bits per heavy atom. The minimum Gasteiger partial charge on any atom is -0.486 e. The highest BCUT2D eigenvalue weighted by Gasteiger charge is 2.39. The molecule has 0 spiro atoms. The molecule has 0 aromatic heterocycles. The first kappa shape index (κ1) is 17.3. The van der Waals surface area contributed by atoms with Crippen molar-refractivity contribution in [2.45, 2.75) is 38.2 Å². The lowest BCUT2D eigenvalue weighted by molar-refractivity contribution is -0.135. The topological polar surface area (TPSA) is 89.9 Å². The van der Waals surface area contributed by atoms with E-state index in [2.05, 4.69) is 0 Å². The van der Waals surface area contributed by atoms with Gasteiger partial charge in [-0.15, -0.1) is 0 Å². The predicted molar refractivity (Wildman–Crippen MR) is 95.6 cm³/mol. The number of fused-ring (bicyclic) bond motifs is 3. The van der Waals surface area contributed by atoms with E-state index in [9.17, 15) is 14.4 Å². The minimum absolute atomic E-state index is 0.0130. The maximum Gasteiger partial charge on any atom is 0.335 e. The molecule has 0 radical (unpaired) electrons. The van der Waals surface area contributed by atoms with Crippen LogP contribution in [-0.4, -0.2) is 28.4 Å². The number of carboxylic acids is 1. The summed E-state index contributed by atoms with van der Waals surface area (Å²) in [5, 5.41) is 9.10. The van der Waals surface area contributed by atoms with Crippen molar-refractivity contribution in [2.24, 2.45) is 0 Å². The van der Waals surface area contributed by atoms with Gasteiger partial charge in [-0.25, -0.2) is 4.79 Å². The second-order valence-electron chi connectivity index (χ2n) is 7.47. The first-order chi connectivity index (χ1) is 12.7. The number of ether oxygens (including phenoxy) is 2. The molecule has 1 N–H and O–H groups in total. The normalized spacial score (nSPS) is 20.1. The van der Waals surface area contributed by atoms with Crippen LogP contribution in [-0.2, 0) is 4.79 Å². The zero-order chi connectivity index (χ0) is 19.3. The van der Waals surface area contributed by atoms with E-state index in [-0.39, 0.29) is 36.1 Å². The molecule has 1 atom stereocenters. The van der Waals surface area contributed by atoms with Crippen LogP contribution in [0.15, 0.2) is 36.4 Å². The fourth-order valence-electron chi connectivity index (χ4n) is 3.70. The highest BCUT2D eigenvalue weighted by atomic mass is 16.5.